The Morgan fingerprint density at radius 1 is 1.44 bits per heavy atom. The average molecular weight is 123 g/mol. The minimum Gasteiger partial charge on any atom is -0.393 e. The average Bonchev–Trinajstić information content (AvgIpc) is 2.46. The van der Waals surface area contributed by atoms with Crippen LogP contribution in [-0.2, 0) is 0 Å². The molecular weight excluding hydrogens is 114 g/mol. The van der Waals surface area contributed by atoms with Crippen LogP contribution in [0.25, 0.3) is 0 Å². The van der Waals surface area contributed by atoms with Crippen LogP contribution in [0.4, 0.5) is 0 Å². The number of nitriles is 1. The largest absolute Gasteiger partial charge is 0.393 e. The highest BCUT2D eigenvalue weighted by molar-refractivity contribution is 5.14. The third kappa shape index (κ3) is 0.529. The van der Waals surface area contributed by atoms with Crippen LogP contribution < -0.4 is 0 Å². The number of aliphatic hydroxyl groups is 1. The molecule has 2 saturated carbocycles. The van der Waals surface area contributed by atoms with Crippen molar-refractivity contribution in [3.63, 3.8) is 0 Å². The molecule has 9 heavy (non-hydrogen) atoms. The second kappa shape index (κ2) is 1.48. The van der Waals surface area contributed by atoms with Crippen LogP contribution in [0.2, 0.25) is 0 Å². The highest BCUT2D eigenvalue weighted by atomic mass is 16.3. The summed E-state index contributed by atoms with van der Waals surface area (Å²) >= 11 is 0. The van der Waals surface area contributed by atoms with Crippen molar-refractivity contribution in [3.8, 4) is 6.07 Å². The summed E-state index contributed by atoms with van der Waals surface area (Å²) in [4.78, 5) is 0. The zero-order valence-electron chi connectivity index (χ0n) is 5.12. The molecule has 2 heteroatoms. The summed E-state index contributed by atoms with van der Waals surface area (Å²) in [6, 6.07) is 2.21. The predicted molar refractivity (Wildman–Crippen MR) is 31.3 cm³/mol. The Morgan fingerprint density at radius 3 is 2.56 bits per heavy atom. The normalized spacial score (nSPS) is 54.2. The Balaban J connectivity index is 2.08. The molecule has 0 radical (unpaired) electrons. The topological polar surface area (TPSA) is 44.0 Å². The second-order valence-corrected chi connectivity index (χ2v) is 3.04. The van der Waals surface area contributed by atoms with E-state index in [0.29, 0.717) is 11.8 Å². The zero-order chi connectivity index (χ0) is 6.43. The van der Waals surface area contributed by atoms with Gasteiger partial charge in [0.1, 0.15) is 0 Å². The van der Waals surface area contributed by atoms with Crippen molar-refractivity contribution in [2.75, 3.05) is 0 Å². The van der Waals surface area contributed by atoms with Gasteiger partial charge in [-0.25, -0.2) is 0 Å². The summed E-state index contributed by atoms with van der Waals surface area (Å²) in [5.74, 6) is 1.12. The van der Waals surface area contributed by atoms with E-state index in [1.807, 2.05) is 0 Å². The first kappa shape index (κ1) is 5.25. The Kier molecular flexibility index (Phi) is 0.866. The molecule has 0 aromatic rings. The molecule has 2 rings (SSSR count). The number of hydrogen-bond acceptors (Lipinski definition) is 2. The molecule has 4 atom stereocenters. The first-order valence-corrected chi connectivity index (χ1v) is 3.42. The molecule has 2 aliphatic carbocycles. The minimum atomic E-state index is -0.153. The van der Waals surface area contributed by atoms with E-state index in [2.05, 4.69) is 6.07 Å². The van der Waals surface area contributed by atoms with E-state index in [1.54, 1.807) is 0 Å². The van der Waals surface area contributed by atoms with Gasteiger partial charge in [-0.3, -0.25) is 0 Å². The fourth-order valence-electron chi connectivity index (χ4n) is 2.03. The van der Waals surface area contributed by atoms with Gasteiger partial charge in [0.05, 0.1) is 18.1 Å². The smallest absolute Gasteiger partial charge is 0.0662 e. The number of hydrogen-bond donors (Lipinski definition) is 1. The van der Waals surface area contributed by atoms with Crippen LogP contribution in [0.5, 0.6) is 0 Å². The molecular formula is C7H9NO. The maximum absolute atomic E-state index is 9.19. The van der Waals surface area contributed by atoms with Crippen LogP contribution in [0.15, 0.2) is 0 Å². The first-order chi connectivity index (χ1) is 4.34. The van der Waals surface area contributed by atoms with E-state index in [4.69, 9.17) is 5.26 Å². The van der Waals surface area contributed by atoms with Gasteiger partial charge in [0.2, 0.25) is 0 Å². The fraction of sp³-hybridized carbons (Fsp3) is 0.857. The maximum atomic E-state index is 9.19. The third-order valence-electron chi connectivity index (χ3n) is 2.62. The van der Waals surface area contributed by atoms with Crippen molar-refractivity contribution in [1.29, 1.82) is 5.26 Å². The van der Waals surface area contributed by atoms with Gasteiger partial charge in [0.15, 0.2) is 0 Å². The molecule has 0 spiro atoms. The molecule has 0 bridgehead atoms. The highest BCUT2D eigenvalue weighted by Gasteiger charge is 2.57. The number of nitrogens with zero attached hydrogens (tertiary/aromatic N) is 1. The number of fused-ring (bicyclic) bond motifs is 1. The molecule has 4 unspecified atom stereocenters. The summed E-state index contributed by atoms with van der Waals surface area (Å²) in [6.45, 7) is 0. The third-order valence-corrected chi connectivity index (χ3v) is 2.62. The highest BCUT2D eigenvalue weighted by Crippen LogP contribution is 2.56. The van der Waals surface area contributed by atoms with Crippen LogP contribution in [-0.4, -0.2) is 11.2 Å². The molecule has 1 N–H and O–H groups in total. The van der Waals surface area contributed by atoms with Crippen LogP contribution in [0, 0.1) is 29.1 Å². The molecule has 2 aliphatic rings. The Morgan fingerprint density at radius 2 is 2.22 bits per heavy atom. The van der Waals surface area contributed by atoms with Gasteiger partial charge < -0.3 is 5.11 Å². The van der Waals surface area contributed by atoms with Gasteiger partial charge in [0.25, 0.3) is 0 Å². The van der Waals surface area contributed by atoms with E-state index in [0.717, 1.165) is 12.8 Å². The van der Waals surface area contributed by atoms with Gasteiger partial charge in [-0.2, -0.15) is 5.26 Å². The Hall–Kier alpha value is -0.550. The van der Waals surface area contributed by atoms with Crippen molar-refractivity contribution in [1.82, 2.24) is 0 Å². The van der Waals surface area contributed by atoms with E-state index in [9.17, 15) is 5.11 Å². The van der Waals surface area contributed by atoms with Gasteiger partial charge in [0, 0.05) is 5.92 Å². The Bertz CT molecular complexity index is 172. The van der Waals surface area contributed by atoms with E-state index >= 15 is 0 Å². The lowest BCUT2D eigenvalue weighted by atomic mass is 10.1. The number of aliphatic hydroxyl groups excluding tert-OH is 1. The van der Waals surface area contributed by atoms with E-state index in [-0.39, 0.29) is 12.0 Å². The molecule has 2 fully saturated rings. The van der Waals surface area contributed by atoms with E-state index < -0.39 is 0 Å². The summed E-state index contributed by atoms with van der Waals surface area (Å²) in [5, 5.41) is 17.7. The SMILES string of the molecule is N#CC1C2CCC(O)C12. The van der Waals surface area contributed by atoms with Crippen molar-refractivity contribution in [3.05, 3.63) is 0 Å². The fourth-order valence-corrected chi connectivity index (χ4v) is 2.03. The predicted octanol–water partition coefficient (Wildman–Crippen LogP) is 0.527. The van der Waals surface area contributed by atoms with Gasteiger partial charge in [-0.05, 0) is 18.8 Å². The van der Waals surface area contributed by atoms with Crippen molar-refractivity contribution >= 4 is 0 Å². The minimum absolute atomic E-state index is 0.153. The van der Waals surface area contributed by atoms with Crippen molar-refractivity contribution < 1.29 is 5.11 Å². The lowest BCUT2D eigenvalue weighted by Crippen LogP contribution is -2.06. The Labute approximate surface area is 54.1 Å². The molecule has 2 nitrogen and oxygen atoms in total. The van der Waals surface area contributed by atoms with Crippen molar-refractivity contribution in [2.45, 2.75) is 18.9 Å². The molecule has 0 aromatic heterocycles. The van der Waals surface area contributed by atoms with Crippen LogP contribution >= 0.6 is 0 Å². The first-order valence-electron chi connectivity index (χ1n) is 3.42. The summed E-state index contributed by atoms with van der Waals surface area (Å²) in [7, 11) is 0. The van der Waals surface area contributed by atoms with Gasteiger partial charge >= 0.3 is 0 Å². The van der Waals surface area contributed by atoms with E-state index in [1.165, 1.54) is 0 Å². The second-order valence-electron chi connectivity index (χ2n) is 3.04. The molecule has 48 valence electrons. The quantitative estimate of drug-likeness (QED) is 0.510. The summed E-state index contributed by atoms with van der Waals surface area (Å²) in [6.07, 6.45) is 1.84. The van der Waals surface area contributed by atoms with Crippen LogP contribution in [0.1, 0.15) is 12.8 Å². The molecule has 0 aliphatic heterocycles. The molecule has 0 saturated heterocycles. The maximum Gasteiger partial charge on any atom is 0.0662 e. The van der Waals surface area contributed by atoms with Gasteiger partial charge in [-0.15, -0.1) is 0 Å². The summed E-state index contributed by atoms with van der Waals surface area (Å²) < 4.78 is 0. The molecule has 0 heterocycles. The zero-order valence-corrected chi connectivity index (χ0v) is 5.12. The monoisotopic (exact) mass is 123 g/mol. The van der Waals surface area contributed by atoms with Crippen molar-refractivity contribution in [2.24, 2.45) is 17.8 Å². The van der Waals surface area contributed by atoms with Gasteiger partial charge in [-0.1, -0.05) is 0 Å². The standard InChI is InChI=1S/C7H9NO/c8-3-5-4-1-2-6(9)7(4)5/h4-7,9H,1-2H2. The van der Waals surface area contributed by atoms with Crippen LogP contribution in [0.3, 0.4) is 0 Å². The lowest BCUT2D eigenvalue weighted by Gasteiger charge is -2.00. The molecule has 0 aromatic carbocycles. The lowest BCUT2D eigenvalue weighted by molar-refractivity contribution is 0.154. The molecule has 0 amide bonds. The summed E-state index contributed by atoms with van der Waals surface area (Å²) in [5.41, 5.74) is 0. The number of rotatable bonds is 0.